The number of rotatable bonds is 3. The number of aromatic nitrogens is 1. The Morgan fingerprint density at radius 2 is 2.21 bits per heavy atom. The number of pyridine rings is 1. The maximum absolute atomic E-state index is 12.1. The van der Waals surface area contributed by atoms with Gasteiger partial charge in [-0.3, -0.25) is 4.79 Å². The number of carbonyl (C=O) groups excluding carboxylic acids is 1. The van der Waals surface area contributed by atoms with E-state index >= 15 is 0 Å². The average molecular weight is 262 g/mol. The summed E-state index contributed by atoms with van der Waals surface area (Å²) in [5, 5.41) is 6.21. The van der Waals surface area contributed by atoms with Crippen LogP contribution in [0.1, 0.15) is 25.7 Å². The van der Waals surface area contributed by atoms with E-state index in [-0.39, 0.29) is 11.9 Å². The van der Waals surface area contributed by atoms with Gasteiger partial charge in [0.25, 0.3) is 0 Å². The van der Waals surface area contributed by atoms with Gasteiger partial charge in [-0.1, -0.05) is 12.8 Å². The van der Waals surface area contributed by atoms with Crippen LogP contribution in [-0.4, -0.2) is 37.6 Å². The number of hydrogen-bond acceptors (Lipinski definition) is 4. The summed E-state index contributed by atoms with van der Waals surface area (Å²) in [5.41, 5.74) is 0.752. The quantitative estimate of drug-likeness (QED) is 0.869. The molecule has 1 fully saturated rings. The van der Waals surface area contributed by atoms with Gasteiger partial charge in [-0.25, -0.2) is 4.98 Å². The Morgan fingerprint density at radius 1 is 1.37 bits per heavy atom. The summed E-state index contributed by atoms with van der Waals surface area (Å²) in [6, 6.07) is 3.71. The maximum atomic E-state index is 12.1. The van der Waals surface area contributed by atoms with Gasteiger partial charge in [-0.2, -0.15) is 0 Å². The minimum Gasteiger partial charge on any atom is -0.363 e. The smallest absolute Gasteiger partial charge is 0.241 e. The predicted molar refractivity (Wildman–Crippen MR) is 77.5 cm³/mol. The van der Waals surface area contributed by atoms with Crippen LogP contribution < -0.4 is 15.5 Å². The topological polar surface area (TPSA) is 57.3 Å². The van der Waals surface area contributed by atoms with Gasteiger partial charge in [0.15, 0.2) is 0 Å². The van der Waals surface area contributed by atoms with Crippen LogP contribution >= 0.6 is 0 Å². The highest BCUT2D eigenvalue weighted by Crippen LogP contribution is 2.14. The molecule has 2 N–H and O–H groups in total. The highest BCUT2D eigenvalue weighted by atomic mass is 16.2. The van der Waals surface area contributed by atoms with Gasteiger partial charge in [-0.05, 0) is 31.5 Å². The molecule has 5 heteroatoms. The first-order valence-electron chi connectivity index (χ1n) is 6.84. The van der Waals surface area contributed by atoms with E-state index in [1.165, 1.54) is 6.42 Å². The van der Waals surface area contributed by atoms with E-state index in [0.29, 0.717) is 0 Å². The Bertz CT molecular complexity index is 408. The molecule has 19 heavy (non-hydrogen) atoms. The second kappa shape index (κ2) is 6.52. The molecular formula is C14H22N4O. The SMILES string of the molecule is CN(C)c1ccc(NC(=O)C2CCCCCN2)cn1. The molecule has 5 nitrogen and oxygen atoms in total. The second-order valence-electron chi connectivity index (χ2n) is 5.14. The largest absolute Gasteiger partial charge is 0.363 e. The molecule has 0 bridgehead atoms. The average Bonchev–Trinajstić information content (AvgIpc) is 2.68. The molecule has 1 aromatic rings. The van der Waals surface area contributed by atoms with Crippen molar-refractivity contribution >= 4 is 17.4 Å². The normalized spacial score (nSPS) is 19.6. The van der Waals surface area contributed by atoms with Crippen molar-refractivity contribution in [2.75, 3.05) is 30.9 Å². The number of anilines is 2. The number of nitrogens with one attached hydrogen (secondary N) is 2. The first-order valence-corrected chi connectivity index (χ1v) is 6.84. The molecule has 1 amide bonds. The third-order valence-electron chi connectivity index (χ3n) is 3.35. The Balaban J connectivity index is 1.94. The summed E-state index contributed by atoms with van der Waals surface area (Å²) in [6.07, 6.45) is 6.08. The van der Waals surface area contributed by atoms with Gasteiger partial charge >= 0.3 is 0 Å². The molecular weight excluding hydrogens is 240 g/mol. The van der Waals surface area contributed by atoms with E-state index in [9.17, 15) is 4.79 Å². The van der Waals surface area contributed by atoms with Gasteiger partial charge in [-0.15, -0.1) is 0 Å². The van der Waals surface area contributed by atoms with Crippen LogP contribution in [-0.2, 0) is 4.79 Å². The zero-order chi connectivity index (χ0) is 13.7. The lowest BCUT2D eigenvalue weighted by molar-refractivity contribution is -0.118. The Kier molecular flexibility index (Phi) is 4.74. The Labute approximate surface area is 114 Å². The summed E-state index contributed by atoms with van der Waals surface area (Å²) in [5.74, 6) is 0.923. The van der Waals surface area contributed by atoms with Crippen molar-refractivity contribution in [2.45, 2.75) is 31.7 Å². The molecule has 1 aliphatic rings. The van der Waals surface area contributed by atoms with Crippen LogP contribution in [0.25, 0.3) is 0 Å². The number of hydrogen-bond donors (Lipinski definition) is 2. The monoisotopic (exact) mass is 262 g/mol. The molecule has 0 aliphatic carbocycles. The molecule has 104 valence electrons. The molecule has 0 spiro atoms. The van der Waals surface area contributed by atoms with E-state index in [4.69, 9.17) is 0 Å². The van der Waals surface area contributed by atoms with E-state index in [2.05, 4.69) is 15.6 Å². The van der Waals surface area contributed by atoms with E-state index in [0.717, 1.165) is 37.3 Å². The van der Waals surface area contributed by atoms with Crippen molar-refractivity contribution in [2.24, 2.45) is 0 Å². The van der Waals surface area contributed by atoms with Gasteiger partial charge in [0.05, 0.1) is 17.9 Å². The number of nitrogens with zero attached hydrogens (tertiary/aromatic N) is 2. The van der Waals surface area contributed by atoms with Gasteiger partial charge in [0.2, 0.25) is 5.91 Å². The van der Waals surface area contributed by atoms with Crippen molar-refractivity contribution in [1.29, 1.82) is 0 Å². The van der Waals surface area contributed by atoms with Gasteiger partial charge in [0.1, 0.15) is 5.82 Å². The van der Waals surface area contributed by atoms with Crippen LogP contribution in [0.2, 0.25) is 0 Å². The standard InChI is InChI=1S/C14H22N4O/c1-18(2)13-8-7-11(10-16-13)17-14(19)12-6-4-3-5-9-15-12/h7-8,10,12,15H,3-6,9H2,1-2H3,(H,17,19). The fourth-order valence-corrected chi connectivity index (χ4v) is 2.21. The van der Waals surface area contributed by atoms with Crippen LogP contribution in [0.4, 0.5) is 11.5 Å². The molecule has 1 unspecified atom stereocenters. The van der Waals surface area contributed by atoms with Gasteiger partial charge in [0, 0.05) is 14.1 Å². The Hall–Kier alpha value is -1.62. The first-order chi connectivity index (χ1) is 9.16. The molecule has 0 radical (unpaired) electrons. The molecule has 0 saturated carbocycles. The van der Waals surface area contributed by atoms with Gasteiger partial charge < -0.3 is 15.5 Å². The molecule has 1 aliphatic heterocycles. The summed E-state index contributed by atoms with van der Waals surface area (Å²) < 4.78 is 0. The highest BCUT2D eigenvalue weighted by Gasteiger charge is 2.19. The molecule has 2 rings (SSSR count). The van der Waals surface area contributed by atoms with Crippen LogP contribution in [0.5, 0.6) is 0 Å². The van der Waals surface area contributed by atoms with Crippen molar-refractivity contribution in [3.05, 3.63) is 18.3 Å². The van der Waals surface area contributed by atoms with Crippen LogP contribution in [0.15, 0.2) is 18.3 Å². The fraction of sp³-hybridized carbons (Fsp3) is 0.571. The lowest BCUT2D eigenvalue weighted by Crippen LogP contribution is -2.39. The van der Waals surface area contributed by atoms with Crippen LogP contribution in [0.3, 0.4) is 0 Å². The maximum Gasteiger partial charge on any atom is 0.241 e. The van der Waals surface area contributed by atoms with Crippen molar-refractivity contribution in [3.8, 4) is 0 Å². The van der Waals surface area contributed by atoms with E-state index in [1.807, 2.05) is 31.1 Å². The lowest BCUT2D eigenvalue weighted by atomic mass is 10.1. The molecule has 2 heterocycles. The minimum atomic E-state index is -0.0731. The number of amides is 1. The Morgan fingerprint density at radius 3 is 2.89 bits per heavy atom. The van der Waals surface area contributed by atoms with Crippen molar-refractivity contribution in [1.82, 2.24) is 10.3 Å². The van der Waals surface area contributed by atoms with E-state index < -0.39 is 0 Å². The van der Waals surface area contributed by atoms with E-state index in [1.54, 1.807) is 6.20 Å². The third-order valence-corrected chi connectivity index (χ3v) is 3.35. The third kappa shape index (κ3) is 3.92. The molecule has 1 atom stereocenters. The second-order valence-corrected chi connectivity index (χ2v) is 5.14. The summed E-state index contributed by atoms with van der Waals surface area (Å²) in [7, 11) is 3.88. The molecule has 0 aromatic carbocycles. The fourth-order valence-electron chi connectivity index (χ4n) is 2.21. The molecule has 1 aromatic heterocycles. The minimum absolute atomic E-state index is 0.0429. The summed E-state index contributed by atoms with van der Waals surface area (Å²) >= 11 is 0. The highest BCUT2D eigenvalue weighted by molar-refractivity contribution is 5.94. The predicted octanol–water partition coefficient (Wildman–Crippen LogP) is 1.62. The zero-order valence-electron chi connectivity index (χ0n) is 11.6. The lowest BCUT2D eigenvalue weighted by Gasteiger charge is -2.16. The summed E-state index contributed by atoms with van der Waals surface area (Å²) in [6.45, 7) is 0.926. The first kappa shape index (κ1) is 13.8. The van der Waals surface area contributed by atoms with Crippen molar-refractivity contribution in [3.63, 3.8) is 0 Å². The summed E-state index contributed by atoms with van der Waals surface area (Å²) in [4.78, 5) is 18.3. The number of carbonyl (C=O) groups is 1. The van der Waals surface area contributed by atoms with Crippen LogP contribution in [0, 0.1) is 0 Å². The zero-order valence-corrected chi connectivity index (χ0v) is 11.6. The van der Waals surface area contributed by atoms with Crippen molar-refractivity contribution < 1.29 is 4.79 Å². The molecule has 1 saturated heterocycles.